The topological polar surface area (TPSA) is 139 Å². The van der Waals surface area contributed by atoms with E-state index in [1.54, 1.807) is 0 Å². The van der Waals surface area contributed by atoms with Crippen molar-refractivity contribution in [1.29, 1.82) is 0 Å². The summed E-state index contributed by atoms with van der Waals surface area (Å²) in [5, 5.41) is 27.9. The Hall–Kier alpha value is -5.77. The summed E-state index contributed by atoms with van der Waals surface area (Å²) in [5.74, 6) is 0. The molecule has 3 aliphatic rings. The van der Waals surface area contributed by atoms with Crippen molar-refractivity contribution < 1.29 is 48.1 Å². The van der Waals surface area contributed by atoms with Crippen molar-refractivity contribution in [3.8, 4) is 0 Å². The van der Waals surface area contributed by atoms with E-state index >= 15 is 0 Å². The van der Waals surface area contributed by atoms with E-state index < -0.39 is 60.6 Å². The number of nitrogens with one attached hydrogen (secondary N) is 1. The number of aliphatic hydroxyl groups excluding tert-OH is 1. The molecule has 2 saturated heterocycles. The minimum atomic E-state index is -1.74. The van der Waals surface area contributed by atoms with Crippen LogP contribution in [-0.4, -0.2) is 90.0 Å². The first-order valence-electron chi connectivity index (χ1n) is 22.9. The van der Waals surface area contributed by atoms with Gasteiger partial charge in [0.15, 0.2) is 12.3 Å². The van der Waals surface area contributed by atoms with Crippen molar-refractivity contribution in [3.05, 3.63) is 215 Å². The first-order valence-corrected chi connectivity index (χ1v) is 22.9. The second kappa shape index (κ2) is 22.8. The molecule has 348 valence electrons. The van der Waals surface area contributed by atoms with Crippen LogP contribution >= 0.6 is 0 Å². The standard InChI is InChI=1S/C55H58N2O10/c58-46-48-51(55(59,38-61-32-40-21-9-2-10-22-40)52(46)65-36-44-29-17-6-18-30-44)56-54(67-48)57-53-50(64-35-43-27-15-5-16-28-43)49(63-34-42-25-13-4-14-26-42)47(62-33-41-23-11-3-12-24-41)45(66-53)37-60-31-39-19-7-1-8-20-39/h1-30,45-53,58-59H,31-38H2,(H,56,57)/t45-,46-,47-,48-,49+,50-,51-,52-,53+,55+/m1/s1. The van der Waals surface area contributed by atoms with Crippen molar-refractivity contribution in [3.63, 3.8) is 0 Å². The van der Waals surface area contributed by atoms with Crippen molar-refractivity contribution in [2.45, 2.75) is 100 Å². The zero-order chi connectivity index (χ0) is 45.7. The molecular formula is C55H58N2O10. The van der Waals surface area contributed by atoms with Crippen molar-refractivity contribution in [2.24, 2.45) is 4.99 Å². The molecule has 0 amide bonds. The molecule has 9 rings (SSSR count). The van der Waals surface area contributed by atoms with Gasteiger partial charge in [-0.15, -0.1) is 0 Å². The summed E-state index contributed by atoms with van der Waals surface area (Å²) in [5.41, 5.74) is 4.00. The molecule has 1 saturated carbocycles. The van der Waals surface area contributed by atoms with E-state index in [1.165, 1.54) is 0 Å². The van der Waals surface area contributed by atoms with Gasteiger partial charge in [-0.25, -0.2) is 4.99 Å². The van der Waals surface area contributed by atoms with Gasteiger partial charge in [0.2, 0.25) is 0 Å². The third-order valence-corrected chi connectivity index (χ3v) is 12.4. The highest BCUT2D eigenvalue weighted by molar-refractivity contribution is 5.77. The number of ether oxygens (including phenoxy) is 8. The van der Waals surface area contributed by atoms with Crippen LogP contribution in [0.5, 0.6) is 0 Å². The third kappa shape index (κ3) is 11.9. The number of aliphatic hydroxyl groups is 2. The Morgan fingerprint density at radius 1 is 0.493 bits per heavy atom. The molecule has 67 heavy (non-hydrogen) atoms. The van der Waals surface area contributed by atoms with E-state index in [1.807, 2.05) is 182 Å². The number of benzene rings is 6. The van der Waals surface area contributed by atoms with E-state index in [-0.39, 0.29) is 52.3 Å². The van der Waals surface area contributed by atoms with Crippen LogP contribution < -0.4 is 5.32 Å². The first kappa shape index (κ1) is 46.3. The van der Waals surface area contributed by atoms with Crippen LogP contribution in [0, 0.1) is 0 Å². The molecule has 2 heterocycles. The number of hydrogen-bond donors (Lipinski definition) is 3. The van der Waals surface area contributed by atoms with Crippen LogP contribution in [0.1, 0.15) is 33.4 Å². The van der Waals surface area contributed by atoms with Crippen LogP contribution in [0.2, 0.25) is 0 Å². The second-order valence-electron chi connectivity index (χ2n) is 17.2. The van der Waals surface area contributed by atoms with E-state index in [2.05, 4.69) is 5.32 Å². The molecule has 12 nitrogen and oxygen atoms in total. The zero-order valence-corrected chi connectivity index (χ0v) is 37.3. The van der Waals surface area contributed by atoms with Crippen LogP contribution in [0.15, 0.2) is 187 Å². The number of hydrogen-bond acceptors (Lipinski definition) is 11. The maximum Gasteiger partial charge on any atom is 0.288 e. The summed E-state index contributed by atoms with van der Waals surface area (Å²) in [6.07, 6.45) is -7.24. The molecule has 2 aliphatic heterocycles. The molecule has 0 unspecified atom stereocenters. The highest BCUT2D eigenvalue weighted by Crippen LogP contribution is 2.40. The number of aliphatic imine (C=N–C) groups is 1. The molecule has 1 aliphatic carbocycles. The van der Waals surface area contributed by atoms with E-state index in [9.17, 15) is 10.2 Å². The number of nitrogens with zero attached hydrogens (tertiary/aromatic N) is 1. The number of fused-ring (bicyclic) bond motifs is 1. The van der Waals surface area contributed by atoms with Crippen LogP contribution in [-0.2, 0) is 77.5 Å². The van der Waals surface area contributed by atoms with Crippen molar-refractivity contribution in [1.82, 2.24) is 5.32 Å². The Morgan fingerprint density at radius 3 is 1.37 bits per heavy atom. The van der Waals surface area contributed by atoms with Crippen LogP contribution in [0.4, 0.5) is 0 Å². The monoisotopic (exact) mass is 906 g/mol. The summed E-state index contributed by atoms with van der Waals surface area (Å²) in [6.45, 7) is 1.49. The summed E-state index contributed by atoms with van der Waals surface area (Å²) >= 11 is 0. The fourth-order valence-electron chi connectivity index (χ4n) is 8.90. The zero-order valence-electron chi connectivity index (χ0n) is 37.3. The average molecular weight is 907 g/mol. The van der Waals surface area contributed by atoms with Crippen LogP contribution in [0.3, 0.4) is 0 Å². The lowest BCUT2D eigenvalue weighted by Crippen LogP contribution is -2.61. The molecule has 10 atom stereocenters. The molecule has 12 heteroatoms. The Bertz CT molecular complexity index is 2400. The Balaban J connectivity index is 1.03. The highest BCUT2D eigenvalue weighted by atomic mass is 16.6. The summed E-state index contributed by atoms with van der Waals surface area (Å²) < 4.78 is 52.9. The van der Waals surface area contributed by atoms with Gasteiger partial charge in [-0.05, 0) is 33.4 Å². The molecule has 0 bridgehead atoms. The predicted molar refractivity (Wildman–Crippen MR) is 251 cm³/mol. The van der Waals surface area contributed by atoms with E-state index in [0.717, 1.165) is 33.4 Å². The lowest BCUT2D eigenvalue weighted by Gasteiger charge is -2.45. The SMILES string of the molecule is O[C@@H]1[C@H]2OC(=N[C@H]3O[C@H](COCc4ccccc4)[C@@H](OCc4ccccc4)[C@H](OCc4ccccc4)[C@H]3OCc3ccccc3)N[C@H]2[C@@](O)(COCc2ccccc2)[C@@H]1OCc1ccccc1. The third-order valence-electron chi connectivity index (χ3n) is 12.4. The molecule has 0 aromatic heterocycles. The van der Waals surface area contributed by atoms with Gasteiger partial charge in [0.05, 0.1) is 52.9 Å². The van der Waals surface area contributed by atoms with Crippen LogP contribution in [0.25, 0.3) is 0 Å². The average Bonchev–Trinajstić information content (AvgIpc) is 3.88. The van der Waals surface area contributed by atoms with Gasteiger partial charge in [0.1, 0.15) is 48.3 Å². The second-order valence-corrected chi connectivity index (χ2v) is 17.2. The van der Waals surface area contributed by atoms with Gasteiger partial charge in [-0.3, -0.25) is 0 Å². The van der Waals surface area contributed by atoms with Gasteiger partial charge in [-0.1, -0.05) is 182 Å². The van der Waals surface area contributed by atoms with Gasteiger partial charge in [-0.2, -0.15) is 0 Å². The Morgan fingerprint density at radius 2 is 0.896 bits per heavy atom. The largest absolute Gasteiger partial charge is 0.457 e. The maximum absolute atomic E-state index is 12.7. The minimum absolute atomic E-state index is 0.0600. The van der Waals surface area contributed by atoms with Gasteiger partial charge in [0.25, 0.3) is 6.02 Å². The fourth-order valence-corrected chi connectivity index (χ4v) is 8.90. The normalized spacial score (nSPS) is 27.3. The molecule has 0 radical (unpaired) electrons. The first-order chi connectivity index (χ1) is 33.0. The predicted octanol–water partition coefficient (Wildman–Crippen LogP) is 7.31. The summed E-state index contributed by atoms with van der Waals surface area (Å²) in [7, 11) is 0. The molecule has 3 N–H and O–H groups in total. The van der Waals surface area contributed by atoms with Crippen molar-refractivity contribution >= 4 is 6.02 Å². The molecule has 6 aromatic carbocycles. The lowest BCUT2D eigenvalue weighted by molar-refractivity contribution is -0.271. The summed E-state index contributed by atoms with van der Waals surface area (Å²) in [4.78, 5) is 5.07. The lowest BCUT2D eigenvalue weighted by atomic mass is 9.96. The smallest absolute Gasteiger partial charge is 0.288 e. The van der Waals surface area contributed by atoms with Crippen molar-refractivity contribution in [2.75, 3.05) is 13.2 Å². The molecular weight excluding hydrogens is 849 g/mol. The molecule has 6 aromatic rings. The molecule has 0 spiro atoms. The Kier molecular flexibility index (Phi) is 15.8. The van der Waals surface area contributed by atoms with E-state index in [4.69, 9.17) is 42.9 Å². The number of rotatable bonds is 21. The van der Waals surface area contributed by atoms with Gasteiger partial charge in [0, 0.05) is 0 Å². The quantitative estimate of drug-likeness (QED) is 0.0671. The Labute approximate surface area is 392 Å². The van der Waals surface area contributed by atoms with Gasteiger partial charge >= 0.3 is 0 Å². The molecule has 3 fully saturated rings. The summed E-state index contributed by atoms with van der Waals surface area (Å²) in [6, 6.07) is 58.3. The van der Waals surface area contributed by atoms with E-state index in [0.29, 0.717) is 6.61 Å². The fraction of sp³-hybridized carbons (Fsp3) is 0.327. The minimum Gasteiger partial charge on any atom is -0.457 e. The maximum atomic E-state index is 12.7. The number of amidine groups is 1. The van der Waals surface area contributed by atoms with Gasteiger partial charge < -0.3 is 53.4 Å². The highest BCUT2D eigenvalue weighted by Gasteiger charge is 2.65.